The predicted octanol–water partition coefficient (Wildman–Crippen LogP) is 2.98. The number of aromatic nitrogens is 1. The molecule has 1 rings (SSSR count). The summed E-state index contributed by atoms with van der Waals surface area (Å²) in [5.41, 5.74) is 5.90. The summed E-state index contributed by atoms with van der Waals surface area (Å²) >= 11 is 0. The van der Waals surface area contributed by atoms with Crippen LogP contribution in [-0.4, -0.2) is 34.6 Å². The van der Waals surface area contributed by atoms with Gasteiger partial charge in [-0.2, -0.15) is 0 Å². The molecule has 118 valence electrons. The molecule has 0 bridgehead atoms. The maximum atomic E-state index is 9.42. The van der Waals surface area contributed by atoms with Gasteiger partial charge in [0.2, 0.25) is 0 Å². The Labute approximate surface area is 133 Å². The average molecular weight is 350 g/mol. The van der Waals surface area contributed by atoms with Crippen LogP contribution in [0.4, 0.5) is 5.82 Å². The summed E-state index contributed by atoms with van der Waals surface area (Å²) in [7, 11) is 1.60. The Bertz CT molecular complexity index is 435. The third-order valence-corrected chi connectivity index (χ3v) is 3.23. The van der Waals surface area contributed by atoms with Crippen LogP contribution < -0.4 is 5.73 Å². The fraction of sp³-hybridized carbons (Fsp3) is 0.571. The van der Waals surface area contributed by atoms with Crippen molar-refractivity contribution in [1.29, 1.82) is 5.41 Å². The zero-order valence-corrected chi connectivity index (χ0v) is 14.7. The molecule has 1 aromatic heterocycles. The van der Waals surface area contributed by atoms with Crippen LogP contribution in [0.1, 0.15) is 40.2 Å². The van der Waals surface area contributed by atoms with Crippen LogP contribution in [-0.2, 0) is 4.74 Å². The van der Waals surface area contributed by atoms with Gasteiger partial charge >= 0.3 is 0 Å². The van der Waals surface area contributed by atoms with Crippen molar-refractivity contribution in [3.63, 3.8) is 0 Å². The normalized spacial score (nSPS) is 10.9. The Morgan fingerprint density at radius 3 is 2.15 bits per heavy atom. The SMILES string of the molecule is Br.COC(C)(C)C(C)(C)O.Cc1cnc(N)c(C=N)c1.[HH]. The van der Waals surface area contributed by atoms with E-state index in [1.165, 1.54) is 6.21 Å². The minimum Gasteiger partial charge on any atom is -0.387 e. The molecular weight excluding hydrogens is 322 g/mol. The van der Waals surface area contributed by atoms with E-state index in [1.807, 2.05) is 26.8 Å². The van der Waals surface area contributed by atoms with E-state index in [-0.39, 0.29) is 18.4 Å². The lowest BCUT2D eigenvalue weighted by atomic mass is 9.90. The second-order valence-electron chi connectivity index (χ2n) is 5.40. The van der Waals surface area contributed by atoms with Gasteiger partial charge in [0.25, 0.3) is 0 Å². The molecule has 0 unspecified atom stereocenters. The van der Waals surface area contributed by atoms with Gasteiger partial charge in [0.05, 0.1) is 11.2 Å². The highest BCUT2D eigenvalue weighted by Gasteiger charge is 2.34. The lowest BCUT2D eigenvalue weighted by Crippen LogP contribution is -2.46. The molecule has 5 nitrogen and oxygen atoms in total. The summed E-state index contributed by atoms with van der Waals surface area (Å²) in [4.78, 5) is 3.88. The van der Waals surface area contributed by atoms with E-state index in [0.29, 0.717) is 11.4 Å². The Morgan fingerprint density at radius 2 is 1.90 bits per heavy atom. The molecule has 20 heavy (non-hydrogen) atoms. The Hall–Kier alpha value is -0.980. The largest absolute Gasteiger partial charge is 0.387 e. The lowest BCUT2D eigenvalue weighted by molar-refractivity contribution is -0.129. The number of hydrogen-bond donors (Lipinski definition) is 3. The molecule has 0 aliphatic carbocycles. The van der Waals surface area contributed by atoms with Crippen LogP contribution in [0.25, 0.3) is 0 Å². The number of rotatable bonds is 3. The molecule has 0 aliphatic heterocycles. The van der Waals surface area contributed by atoms with E-state index in [2.05, 4.69) is 4.98 Å². The highest BCUT2D eigenvalue weighted by Crippen LogP contribution is 2.23. The number of nitrogen functional groups attached to an aromatic ring is 1. The van der Waals surface area contributed by atoms with E-state index in [0.717, 1.165) is 5.56 Å². The van der Waals surface area contributed by atoms with Crippen molar-refractivity contribution in [2.75, 3.05) is 12.8 Å². The van der Waals surface area contributed by atoms with Crippen molar-refractivity contribution in [2.45, 2.75) is 45.8 Å². The second-order valence-corrected chi connectivity index (χ2v) is 5.40. The van der Waals surface area contributed by atoms with Gasteiger partial charge in [-0.25, -0.2) is 4.98 Å². The van der Waals surface area contributed by atoms with Crippen molar-refractivity contribution in [3.05, 3.63) is 23.4 Å². The van der Waals surface area contributed by atoms with Crippen molar-refractivity contribution in [2.24, 2.45) is 0 Å². The number of anilines is 1. The number of methoxy groups -OCH3 is 1. The molecule has 0 fully saturated rings. The first-order chi connectivity index (χ1) is 8.55. The van der Waals surface area contributed by atoms with E-state index in [4.69, 9.17) is 15.9 Å². The molecule has 4 N–H and O–H groups in total. The number of aliphatic hydroxyl groups is 1. The number of nitrogens with one attached hydrogen (secondary N) is 1. The fourth-order valence-corrected chi connectivity index (χ4v) is 0.968. The number of halogens is 1. The van der Waals surface area contributed by atoms with Crippen LogP contribution in [0, 0.1) is 12.3 Å². The average Bonchev–Trinajstić information content (AvgIpc) is 2.31. The molecule has 0 amide bonds. The molecule has 6 heteroatoms. The standard InChI is InChI=1S/C7H9N3.C7H16O2.BrH.H2/c1-5-2-6(3-8)7(9)10-4-5;1-6(2,8)7(3,4)9-5;;/h2-4,8H,1H3,(H2,9,10);8H,1-5H3;2*1H. The number of hydrogen-bond acceptors (Lipinski definition) is 5. The maximum Gasteiger partial charge on any atom is 0.132 e. The van der Waals surface area contributed by atoms with Crippen molar-refractivity contribution >= 4 is 29.0 Å². The first-order valence-corrected chi connectivity index (χ1v) is 6.05. The molecule has 0 saturated heterocycles. The third kappa shape index (κ3) is 6.45. The summed E-state index contributed by atoms with van der Waals surface area (Å²) < 4.78 is 5.05. The fourth-order valence-electron chi connectivity index (χ4n) is 0.968. The van der Waals surface area contributed by atoms with Gasteiger partial charge < -0.3 is 21.0 Å². The van der Waals surface area contributed by atoms with Crippen LogP contribution in [0.15, 0.2) is 12.3 Å². The first-order valence-electron chi connectivity index (χ1n) is 6.05. The third-order valence-electron chi connectivity index (χ3n) is 3.23. The molecule has 0 spiro atoms. The van der Waals surface area contributed by atoms with Gasteiger partial charge in [0, 0.05) is 26.5 Å². The highest BCUT2D eigenvalue weighted by atomic mass is 79.9. The minimum absolute atomic E-state index is 0. The molecule has 0 aliphatic rings. The van der Waals surface area contributed by atoms with E-state index < -0.39 is 11.2 Å². The van der Waals surface area contributed by atoms with Crippen molar-refractivity contribution in [1.82, 2.24) is 4.98 Å². The molecule has 1 heterocycles. The van der Waals surface area contributed by atoms with Gasteiger partial charge in [-0.15, -0.1) is 17.0 Å². The van der Waals surface area contributed by atoms with Crippen LogP contribution in [0.3, 0.4) is 0 Å². The molecular formula is C14H28BrN3O2. The van der Waals surface area contributed by atoms with Crippen molar-refractivity contribution < 1.29 is 11.3 Å². The van der Waals surface area contributed by atoms with Gasteiger partial charge in [-0.3, -0.25) is 0 Å². The monoisotopic (exact) mass is 349 g/mol. The van der Waals surface area contributed by atoms with E-state index in [1.54, 1.807) is 27.2 Å². The van der Waals surface area contributed by atoms with Gasteiger partial charge in [0.1, 0.15) is 5.82 Å². The Balaban J connectivity index is -0.000000284. The number of nitrogens with zero attached hydrogens (tertiary/aromatic N) is 1. The summed E-state index contributed by atoms with van der Waals surface area (Å²) in [6.07, 6.45) is 2.89. The zero-order valence-electron chi connectivity index (χ0n) is 13.0. The number of nitrogens with two attached hydrogens (primary N) is 1. The van der Waals surface area contributed by atoms with Gasteiger partial charge in [-0.05, 0) is 46.2 Å². The molecule has 0 atom stereocenters. The number of ether oxygens (including phenoxy) is 1. The maximum absolute atomic E-state index is 9.42. The number of pyridine rings is 1. The predicted molar refractivity (Wildman–Crippen MR) is 91.1 cm³/mol. The summed E-state index contributed by atoms with van der Waals surface area (Å²) in [6.45, 7) is 9.09. The van der Waals surface area contributed by atoms with Crippen LogP contribution in [0.5, 0.6) is 0 Å². The topological polar surface area (TPSA) is 92.2 Å². The lowest BCUT2D eigenvalue weighted by Gasteiger charge is -2.35. The quantitative estimate of drug-likeness (QED) is 0.731. The van der Waals surface area contributed by atoms with Crippen LogP contribution in [0.2, 0.25) is 0 Å². The van der Waals surface area contributed by atoms with Gasteiger partial charge in [-0.1, -0.05) is 0 Å². The molecule has 0 saturated carbocycles. The summed E-state index contributed by atoms with van der Waals surface area (Å²) in [5, 5.41) is 16.4. The van der Waals surface area contributed by atoms with E-state index >= 15 is 0 Å². The Morgan fingerprint density at radius 1 is 1.40 bits per heavy atom. The molecule has 1 aromatic rings. The first kappa shape index (κ1) is 21.3. The molecule has 0 radical (unpaired) electrons. The smallest absolute Gasteiger partial charge is 0.132 e. The minimum atomic E-state index is -0.776. The molecule has 0 aromatic carbocycles. The zero-order chi connectivity index (χ0) is 15.3. The second kappa shape index (κ2) is 8.34. The van der Waals surface area contributed by atoms with Crippen molar-refractivity contribution in [3.8, 4) is 0 Å². The van der Waals surface area contributed by atoms with E-state index in [9.17, 15) is 5.11 Å². The van der Waals surface area contributed by atoms with Gasteiger partial charge in [0.15, 0.2) is 0 Å². The van der Waals surface area contributed by atoms with Crippen LogP contribution >= 0.6 is 17.0 Å². The summed E-state index contributed by atoms with van der Waals surface area (Å²) in [5.74, 6) is 0.417. The number of aryl methyl sites for hydroxylation is 1. The Kier molecular flexibility index (Phi) is 8.89. The summed E-state index contributed by atoms with van der Waals surface area (Å²) in [6, 6.07) is 1.83. The highest BCUT2D eigenvalue weighted by molar-refractivity contribution is 8.93.